The van der Waals surface area contributed by atoms with Crippen LogP contribution in [0.4, 0.5) is 5.69 Å². The van der Waals surface area contributed by atoms with Crippen molar-refractivity contribution in [1.29, 1.82) is 0 Å². The van der Waals surface area contributed by atoms with E-state index in [1.54, 1.807) is 37.3 Å². The number of benzene rings is 3. The van der Waals surface area contributed by atoms with Crippen molar-refractivity contribution in [3.63, 3.8) is 0 Å². The smallest absolute Gasteiger partial charge is 0.264 e. The molecule has 3 aromatic rings. The fraction of sp³-hybridized carbons (Fsp3) is 0.394. The number of carbonyl (C=O) groups excluding carboxylic acids is 2. The van der Waals surface area contributed by atoms with E-state index in [0.29, 0.717) is 5.69 Å². The quantitative estimate of drug-likeness (QED) is 0.337. The number of anilines is 1. The van der Waals surface area contributed by atoms with Crippen molar-refractivity contribution in [3.8, 4) is 0 Å². The van der Waals surface area contributed by atoms with Crippen molar-refractivity contribution in [2.75, 3.05) is 10.8 Å². The predicted molar refractivity (Wildman–Crippen MR) is 163 cm³/mol. The Labute approximate surface area is 244 Å². The molecule has 2 amide bonds. The minimum absolute atomic E-state index is 0.0966. The van der Waals surface area contributed by atoms with E-state index in [9.17, 15) is 18.0 Å². The van der Waals surface area contributed by atoms with Crippen LogP contribution in [-0.4, -0.2) is 43.8 Å². The van der Waals surface area contributed by atoms with Gasteiger partial charge < -0.3 is 10.2 Å². The average molecular weight is 576 g/mol. The van der Waals surface area contributed by atoms with Gasteiger partial charge in [0.25, 0.3) is 10.0 Å². The summed E-state index contributed by atoms with van der Waals surface area (Å²) in [5.74, 6) is -0.666. The third kappa shape index (κ3) is 7.55. The van der Waals surface area contributed by atoms with E-state index in [-0.39, 0.29) is 23.4 Å². The third-order valence-corrected chi connectivity index (χ3v) is 9.61. The van der Waals surface area contributed by atoms with Crippen molar-refractivity contribution in [3.05, 3.63) is 95.1 Å². The zero-order valence-corrected chi connectivity index (χ0v) is 25.3. The fourth-order valence-corrected chi connectivity index (χ4v) is 6.88. The van der Waals surface area contributed by atoms with Gasteiger partial charge in [0.1, 0.15) is 12.6 Å². The van der Waals surface area contributed by atoms with Crippen LogP contribution in [0, 0.1) is 20.8 Å². The summed E-state index contributed by atoms with van der Waals surface area (Å²) in [6, 6.07) is 20.7. The summed E-state index contributed by atoms with van der Waals surface area (Å²) < 4.78 is 29.1. The lowest BCUT2D eigenvalue weighted by Crippen LogP contribution is -2.53. The SMILES string of the molecule is Cc1cc(C)cc(N(CC(=O)N(Cc2ccccc2C)[C@@H](C)C(=O)NC2CCCCC2)S(=O)(=O)c2ccccc2)c1. The Morgan fingerprint density at radius 2 is 1.49 bits per heavy atom. The Morgan fingerprint density at radius 3 is 2.12 bits per heavy atom. The number of aryl methyl sites for hydroxylation is 3. The van der Waals surface area contributed by atoms with Crippen LogP contribution in [0.15, 0.2) is 77.7 Å². The molecule has 0 radical (unpaired) electrons. The summed E-state index contributed by atoms with van der Waals surface area (Å²) in [7, 11) is -4.08. The highest BCUT2D eigenvalue weighted by Gasteiger charge is 2.33. The summed E-state index contributed by atoms with van der Waals surface area (Å²) in [6.07, 6.45) is 5.19. The Hall–Kier alpha value is -3.65. The van der Waals surface area contributed by atoms with Crippen molar-refractivity contribution in [2.45, 2.75) is 83.3 Å². The van der Waals surface area contributed by atoms with Gasteiger partial charge in [0.15, 0.2) is 0 Å². The van der Waals surface area contributed by atoms with Crippen molar-refractivity contribution in [1.82, 2.24) is 10.2 Å². The standard InChI is InChI=1S/C33H41N3O4S/c1-24-19-25(2)21-30(20-24)36(41(39,40)31-17-9-6-10-18-31)23-32(37)35(22-28-14-12-11-13-26(28)3)27(4)33(38)34-29-15-7-5-8-16-29/h6,9-14,17-21,27,29H,5,7-8,15-16,22-23H2,1-4H3,(H,34,38)/t27-/m0/s1. The Kier molecular flexibility index (Phi) is 9.86. The average Bonchev–Trinajstić information content (AvgIpc) is 2.95. The minimum Gasteiger partial charge on any atom is -0.352 e. The number of sulfonamides is 1. The maximum atomic E-state index is 14.2. The first kappa shape index (κ1) is 30.3. The van der Waals surface area contributed by atoms with Gasteiger partial charge in [0, 0.05) is 12.6 Å². The van der Waals surface area contributed by atoms with E-state index in [1.165, 1.54) is 27.8 Å². The molecule has 0 aromatic heterocycles. The summed E-state index contributed by atoms with van der Waals surface area (Å²) in [5.41, 5.74) is 4.08. The molecule has 218 valence electrons. The molecule has 41 heavy (non-hydrogen) atoms. The van der Waals surface area contributed by atoms with Gasteiger partial charge in [-0.05, 0) is 87.1 Å². The molecule has 7 nitrogen and oxygen atoms in total. The number of hydrogen-bond acceptors (Lipinski definition) is 4. The van der Waals surface area contributed by atoms with E-state index < -0.39 is 28.5 Å². The van der Waals surface area contributed by atoms with E-state index in [4.69, 9.17) is 0 Å². The molecular weight excluding hydrogens is 534 g/mol. The van der Waals surface area contributed by atoms with E-state index in [0.717, 1.165) is 47.9 Å². The van der Waals surface area contributed by atoms with Gasteiger partial charge in [0.05, 0.1) is 10.6 Å². The molecule has 4 rings (SSSR count). The molecule has 0 saturated heterocycles. The van der Waals surface area contributed by atoms with Crippen LogP contribution >= 0.6 is 0 Å². The molecule has 0 bridgehead atoms. The summed E-state index contributed by atoms with van der Waals surface area (Å²) in [5, 5.41) is 3.15. The fourth-order valence-electron chi connectivity index (χ4n) is 5.47. The van der Waals surface area contributed by atoms with Crippen molar-refractivity contribution < 1.29 is 18.0 Å². The van der Waals surface area contributed by atoms with Crippen molar-refractivity contribution in [2.24, 2.45) is 0 Å². The summed E-state index contributed by atoms with van der Waals surface area (Å²) >= 11 is 0. The van der Waals surface area contributed by atoms with Crippen LogP contribution in [-0.2, 0) is 26.2 Å². The number of carbonyl (C=O) groups is 2. The van der Waals surface area contributed by atoms with Crippen molar-refractivity contribution >= 4 is 27.5 Å². The number of rotatable bonds is 10. The lowest BCUT2D eigenvalue weighted by Gasteiger charge is -2.33. The second-order valence-corrected chi connectivity index (χ2v) is 13.0. The highest BCUT2D eigenvalue weighted by atomic mass is 32.2. The van der Waals surface area contributed by atoms with Crippen LogP contribution in [0.5, 0.6) is 0 Å². The van der Waals surface area contributed by atoms with Gasteiger partial charge in [0.2, 0.25) is 11.8 Å². The largest absolute Gasteiger partial charge is 0.352 e. The summed E-state index contributed by atoms with van der Waals surface area (Å²) in [6.45, 7) is 7.24. The molecule has 0 heterocycles. The van der Waals surface area contributed by atoms with Gasteiger partial charge in [-0.15, -0.1) is 0 Å². The maximum Gasteiger partial charge on any atom is 0.264 e. The first-order valence-corrected chi connectivity index (χ1v) is 15.8. The van der Waals surface area contributed by atoms with Crippen LogP contribution < -0.4 is 9.62 Å². The van der Waals surface area contributed by atoms with Gasteiger partial charge in [-0.1, -0.05) is 67.8 Å². The second kappa shape index (κ2) is 13.3. The highest BCUT2D eigenvalue weighted by molar-refractivity contribution is 7.92. The number of nitrogens with zero attached hydrogens (tertiary/aromatic N) is 2. The Balaban J connectivity index is 1.70. The van der Waals surface area contributed by atoms with E-state index in [1.807, 2.05) is 51.1 Å². The Morgan fingerprint density at radius 1 is 0.878 bits per heavy atom. The normalized spacial score (nSPS) is 14.7. The van der Waals surface area contributed by atoms with Crippen LogP contribution in [0.1, 0.15) is 61.3 Å². The van der Waals surface area contributed by atoms with Gasteiger partial charge in [-0.25, -0.2) is 8.42 Å². The molecule has 1 aliphatic carbocycles. The third-order valence-electron chi connectivity index (χ3n) is 7.83. The van der Waals surface area contributed by atoms with Crippen LogP contribution in [0.3, 0.4) is 0 Å². The number of amides is 2. The monoisotopic (exact) mass is 575 g/mol. The highest BCUT2D eigenvalue weighted by Crippen LogP contribution is 2.27. The van der Waals surface area contributed by atoms with Gasteiger partial charge >= 0.3 is 0 Å². The van der Waals surface area contributed by atoms with Crippen LogP contribution in [0.2, 0.25) is 0 Å². The minimum atomic E-state index is -4.08. The van der Waals surface area contributed by atoms with Gasteiger partial charge in [-0.3, -0.25) is 13.9 Å². The first-order valence-electron chi connectivity index (χ1n) is 14.4. The molecular formula is C33H41N3O4S. The lowest BCUT2D eigenvalue weighted by atomic mass is 9.95. The molecule has 0 aliphatic heterocycles. The molecule has 3 aromatic carbocycles. The molecule has 1 atom stereocenters. The zero-order valence-electron chi connectivity index (χ0n) is 24.5. The van der Waals surface area contributed by atoms with E-state index in [2.05, 4.69) is 5.32 Å². The second-order valence-electron chi connectivity index (χ2n) is 11.1. The zero-order chi connectivity index (χ0) is 29.6. The van der Waals surface area contributed by atoms with Gasteiger partial charge in [-0.2, -0.15) is 0 Å². The molecule has 1 N–H and O–H groups in total. The molecule has 0 spiro atoms. The summed E-state index contributed by atoms with van der Waals surface area (Å²) in [4.78, 5) is 29.2. The maximum absolute atomic E-state index is 14.2. The van der Waals surface area contributed by atoms with E-state index >= 15 is 0 Å². The topological polar surface area (TPSA) is 86.8 Å². The molecule has 1 fully saturated rings. The molecule has 8 heteroatoms. The lowest BCUT2D eigenvalue weighted by molar-refractivity contribution is -0.139. The first-order chi connectivity index (χ1) is 19.6. The van der Waals surface area contributed by atoms with Crippen LogP contribution in [0.25, 0.3) is 0 Å². The number of nitrogens with one attached hydrogen (secondary N) is 1. The molecule has 1 aliphatic rings. The Bertz CT molecular complexity index is 1450. The predicted octanol–water partition coefficient (Wildman–Crippen LogP) is 5.67. The molecule has 0 unspecified atom stereocenters. The molecule has 1 saturated carbocycles. The number of hydrogen-bond donors (Lipinski definition) is 1.